The number of rotatable bonds is 7. The highest BCUT2D eigenvalue weighted by Crippen LogP contribution is 2.24. The molecule has 3 rings (SSSR count). The SMILES string of the molecule is NC(=O)C(CCOc1cccc2ncccc12)NC1CC1. The fourth-order valence-electron chi connectivity index (χ4n) is 2.33. The molecule has 1 aliphatic carbocycles. The van der Waals surface area contributed by atoms with Crippen molar-refractivity contribution in [2.75, 3.05) is 6.61 Å². The molecule has 2 aromatic rings. The van der Waals surface area contributed by atoms with Gasteiger partial charge in [0.25, 0.3) is 0 Å². The zero-order valence-corrected chi connectivity index (χ0v) is 11.8. The third-order valence-corrected chi connectivity index (χ3v) is 3.63. The van der Waals surface area contributed by atoms with Crippen molar-refractivity contribution >= 4 is 16.8 Å². The van der Waals surface area contributed by atoms with Crippen molar-refractivity contribution < 1.29 is 9.53 Å². The molecule has 5 nitrogen and oxygen atoms in total. The van der Waals surface area contributed by atoms with Crippen LogP contribution in [0.5, 0.6) is 5.75 Å². The number of carbonyl (C=O) groups is 1. The molecule has 1 unspecified atom stereocenters. The van der Waals surface area contributed by atoms with Crippen LogP contribution >= 0.6 is 0 Å². The molecule has 1 amide bonds. The Hall–Kier alpha value is -2.14. The maximum absolute atomic E-state index is 11.4. The van der Waals surface area contributed by atoms with Crippen LogP contribution in [0.3, 0.4) is 0 Å². The van der Waals surface area contributed by atoms with Crippen molar-refractivity contribution in [3.63, 3.8) is 0 Å². The van der Waals surface area contributed by atoms with Gasteiger partial charge in [-0.2, -0.15) is 0 Å². The molecule has 5 heteroatoms. The lowest BCUT2D eigenvalue weighted by Crippen LogP contribution is -2.43. The number of primary amides is 1. The number of carbonyl (C=O) groups excluding carboxylic acids is 1. The summed E-state index contributed by atoms with van der Waals surface area (Å²) in [6, 6.07) is 9.77. The van der Waals surface area contributed by atoms with Crippen LogP contribution in [0.4, 0.5) is 0 Å². The molecule has 0 radical (unpaired) electrons. The zero-order valence-electron chi connectivity index (χ0n) is 11.8. The van der Waals surface area contributed by atoms with Gasteiger partial charge in [0.05, 0.1) is 18.2 Å². The van der Waals surface area contributed by atoms with E-state index in [1.54, 1.807) is 6.20 Å². The summed E-state index contributed by atoms with van der Waals surface area (Å²) < 4.78 is 5.81. The molecule has 0 bridgehead atoms. The number of pyridine rings is 1. The summed E-state index contributed by atoms with van der Waals surface area (Å²) in [6.45, 7) is 0.446. The second-order valence-electron chi connectivity index (χ2n) is 5.36. The van der Waals surface area contributed by atoms with E-state index in [1.807, 2.05) is 30.3 Å². The molecule has 1 aromatic carbocycles. The van der Waals surface area contributed by atoms with Gasteiger partial charge >= 0.3 is 0 Å². The Labute approximate surface area is 123 Å². The summed E-state index contributed by atoms with van der Waals surface area (Å²) in [6.07, 6.45) is 4.58. The number of benzene rings is 1. The van der Waals surface area contributed by atoms with Gasteiger partial charge in [-0.25, -0.2) is 0 Å². The highest BCUT2D eigenvalue weighted by molar-refractivity contribution is 5.84. The molecule has 1 fully saturated rings. The fourth-order valence-corrected chi connectivity index (χ4v) is 2.33. The summed E-state index contributed by atoms with van der Waals surface area (Å²) in [4.78, 5) is 15.7. The molecule has 0 spiro atoms. The third-order valence-electron chi connectivity index (χ3n) is 3.63. The topological polar surface area (TPSA) is 77.2 Å². The quantitative estimate of drug-likeness (QED) is 0.810. The van der Waals surface area contributed by atoms with Crippen molar-refractivity contribution in [2.24, 2.45) is 5.73 Å². The van der Waals surface area contributed by atoms with Crippen LogP contribution in [0.2, 0.25) is 0 Å². The van der Waals surface area contributed by atoms with Gasteiger partial charge < -0.3 is 15.8 Å². The first kappa shape index (κ1) is 13.8. The Morgan fingerprint density at radius 2 is 2.24 bits per heavy atom. The van der Waals surface area contributed by atoms with Gasteiger partial charge in [0, 0.05) is 24.0 Å². The van der Waals surface area contributed by atoms with E-state index in [-0.39, 0.29) is 11.9 Å². The van der Waals surface area contributed by atoms with Crippen molar-refractivity contribution in [2.45, 2.75) is 31.3 Å². The largest absolute Gasteiger partial charge is 0.493 e. The Bertz CT molecular complexity index is 635. The standard InChI is InChI=1S/C16H19N3O2/c17-16(20)14(19-11-6-7-11)8-10-21-15-5-1-4-13-12(15)3-2-9-18-13/h1-5,9,11,14,19H,6-8,10H2,(H2,17,20). The summed E-state index contributed by atoms with van der Waals surface area (Å²) in [5.74, 6) is 0.473. The van der Waals surface area contributed by atoms with Gasteiger partial charge in [0.1, 0.15) is 5.75 Å². The fraction of sp³-hybridized carbons (Fsp3) is 0.375. The van der Waals surface area contributed by atoms with E-state index >= 15 is 0 Å². The first-order valence-electron chi connectivity index (χ1n) is 7.26. The van der Waals surface area contributed by atoms with Gasteiger partial charge in [0.15, 0.2) is 0 Å². The Kier molecular flexibility index (Phi) is 4.01. The average Bonchev–Trinajstić information content (AvgIpc) is 3.30. The van der Waals surface area contributed by atoms with Crippen molar-refractivity contribution in [1.82, 2.24) is 10.3 Å². The Morgan fingerprint density at radius 1 is 1.38 bits per heavy atom. The van der Waals surface area contributed by atoms with Crippen LogP contribution in [-0.2, 0) is 4.79 Å². The van der Waals surface area contributed by atoms with Gasteiger partial charge in [0.2, 0.25) is 5.91 Å². The number of amides is 1. The van der Waals surface area contributed by atoms with Gasteiger partial charge in [-0.05, 0) is 37.1 Å². The molecule has 110 valence electrons. The number of aromatic nitrogens is 1. The molecule has 0 aliphatic heterocycles. The monoisotopic (exact) mass is 285 g/mol. The molecular weight excluding hydrogens is 266 g/mol. The van der Waals surface area contributed by atoms with E-state index in [2.05, 4.69) is 10.3 Å². The summed E-state index contributed by atoms with van der Waals surface area (Å²) in [5, 5.41) is 4.22. The van der Waals surface area contributed by atoms with Gasteiger partial charge in [-0.3, -0.25) is 9.78 Å². The predicted octanol–water partition coefficient (Wildman–Crippen LogP) is 1.61. The first-order valence-corrected chi connectivity index (χ1v) is 7.26. The second-order valence-corrected chi connectivity index (χ2v) is 5.36. The number of nitrogens with zero attached hydrogens (tertiary/aromatic N) is 1. The van der Waals surface area contributed by atoms with Crippen LogP contribution in [0.15, 0.2) is 36.5 Å². The number of ether oxygens (including phenoxy) is 1. The molecule has 1 atom stereocenters. The van der Waals surface area contributed by atoms with Crippen molar-refractivity contribution in [3.8, 4) is 5.75 Å². The average molecular weight is 285 g/mol. The maximum atomic E-state index is 11.4. The number of fused-ring (bicyclic) bond motifs is 1. The van der Waals surface area contributed by atoms with E-state index in [1.165, 1.54) is 0 Å². The van der Waals surface area contributed by atoms with E-state index in [4.69, 9.17) is 10.5 Å². The number of hydrogen-bond acceptors (Lipinski definition) is 4. The van der Waals surface area contributed by atoms with Crippen molar-refractivity contribution in [3.05, 3.63) is 36.5 Å². The third kappa shape index (κ3) is 3.49. The normalized spacial score (nSPS) is 15.8. The van der Waals surface area contributed by atoms with Crippen molar-refractivity contribution in [1.29, 1.82) is 0 Å². The highest BCUT2D eigenvalue weighted by Gasteiger charge is 2.27. The van der Waals surface area contributed by atoms with Crippen LogP contribution in [0.25, 0.3) is 10.9 Å². The van der Waals surface area contributed by atoms with Gasteiger partial charge in [-0.15, -0.1) is 0 Å². The van der Waals surface area contributed by atoms with Crippen LogP contribution in [-0.4, -0.2) is 29.6 Å². The summed E-state index contributed by atoms with van der Waals surface area (Å²) >= 11 is 0. The summed E-state index contributed by atoms with van der Waals surface area (Å²) in [5.41, 5.74) is 6.32. The minimum atomic E-state index is -0.315. The second kappa shape index (κ2) is 6.10. The Morgan fingerprint density at radius 3 is 3.00 bits per heavy atom. The van der Waals surface area contributed by atoms with Crippen LogP contribution in [0.1, 0.15) is 19.3 Å². The van der Waals surface area contributed by atoms with E-state index in [9.17, 15) is 4.79 Å². The van der Waals surface area contributed by atoms with Crippen LogP contribution in [0, 0.1) is 0 Å². The lowest BCUT2D eigenvalue weighted by molar-refractivity contribution is -0.120. The molecule has 1 heterocycles. The van der Waals surface area contributed by atoms with E-state index in [0.717, 1.165) is 29.5 Å². The Balaban J connectivity index is 1.61. The zero-order chi connectivity index (χ0) is 14.7. The smallest absolute Gasteiger partial charge is 0.234 e. The maximum Gasteiger partial charge on any atom is 0.234 e. The number of nitrogens with one attached hydrogen (secondary N) is 1. The van der Waals surface area contributed by atoms with E-state index in [0.29, 0.717) is 19.1 Å². The first-order chi connectivity index (χ1) is 10.2. The van der Waals surface area contributed by atoms with Crippen LogP contribution < -0.4 is 15.8 Å². The lowest BCUT2D eigenvalue weighted by Gasteiger charge is -2.15. The minimum Gasteiger partial charge on any atom is -0.493 e. The molecule has 21 heavy (non-hydrogen) atoms. The number of nitrogens with two attached hydrogens (primary N) is 1. The molecule has 0 saturated heterocycles. The molecular formula is C16H19N3O2. The minimum absolute atomic E-state index is 0.314. The summed E-state index contributed by atoms with van der Waals surface area (Å²) in [7, 11) is 0. The molecule has 1 aliphatic rings. The number of hydrogen-bond donors (Lipinski definition) is 2. The lowest BCUT2D eigenvalue weighted by atomic mass is 10.2. The molecule has 1 saturated carbocycles. The predicted molar refractivity (Wildman–Crippen MR) is 81.0 cm³/mol. The molecule has 1 aromatic heterocycles. The van der Waals surface area contributed by atoms with E-state index < -0.39 is 0 Å². The highest BCUT2D eigenvalue weighted by atomic mass is 16.5. The molecule has 3 N–H and O–H groups in total. The van der Waals surface area contributed by atoms with Gasteiger partial charge in [-0.1, -0.05) is 6.07 Å².